The predicted octanol–water partition coefficient (Wildman–Crippen LogP) is 4.68. The highest BCUT2D eigenvalue weighted by atomic mass is 32.1. The summed E-state index contributed by atoms with van der Waals surface area (Å²) < 4.78 is 23.5. The number of rotatable bonds is 11. The zero-order valence-electron chi connectivity index (χ0n) is 22.9. The van der Waals surface area contributed by atoms with E-state index in [-0.39, 0.29) is 41.5 Å². The van der Waals surface area contributed by atoms with Gasteiger partial charge >= 0.3 is 17.6 Å². The maximum absolute atomic E-state index is 13.5. The number of carbonyl (C=O) groups excluding carboxylic acids is 2. The van der Waals surface area contributed by atoms with Gasteiger partial charge < -0.3 is 24.3 Å². The average molecular weight is 581 g/mol. The molecular weight excluding hydrogens is 552 g/mol. The maximum atomic E-state index is 13.5. The Morgan fingerprint density at radius 3 is 2.17 bits per heavy atom. The number of dihydropyridines is 1. The number of hydrogen-bond acceptors (Lipinski definition) is 11. The Bertz CT molecular complexity index is 1580. The molecule has 0 bridgehead atoms. The summed E-state index contributed by atoms with van der Waals surface area (Å²) >= 11 is 1.33. The van der Waals surface area contributed by atoms with E-state index < -0.39 is 22.8 Å². The maximum Gasteiger partial charge on any atom is 0.337 e. The summed E-state index contributed by atoms with van der Waals surface area (Å²) in [4.78, 5) is 43.5. The van der Waals surface area contributed by atoms with Crippen LogP contribution in [-0.2, 0) is 19.1 Å². The van der Waals surface area contributed by atoms with Gasteiger partial charge in [0.05, 0.1) is 53.7 Å². The quantitative estimate of drug-likeness (QED) is 0.147. The van der Waals surface area contributed by atoms with Gasteiger partial charge in [-0.3, -0.25) is 14.5 Å². The van der Waals surface area contributed by atoms with Gasteiger partial charge in [-0.2, -0.15) is 0 Å². The number of hydrogen-bond donors (Lipinski definition) is 1. The minimum absolute atomic E-state index is 0.0203. The normalized spacial score (nSPS) is 13.6. The second-order valence-corrected chi connectivity index (χ2v) is 9.67. The SMILES string of the molecule is C=CCOC(=O)C1=C(C)NC(C)=C(C(=O)OCC=C)C1c1c(-c2cc(OC)c([N+](=O)[O-])cc2OC)nc2sccn12. The molecule has 1 aromatic carbocycles. The van der Waals surface area contributed by atoms with Crippen molar-refractivity contribution in [3.05, 3.63) is 87.4 Å². The number of nitrogens with zero attached hydrogens (tertiary/aromatic N) is 3. The predicted molar refractivity (Wildman–Crippen MR) is 152 cm³/mol. The number of aromatic nitrogens is 2. The van der Waals surface area contributed by atoms with E-state index in [2.05, 4.69) is 18.5 Å². The number of benzene rings is 1. The van der Waals surface area contributed by atoms with Gasteiger partial charge in [0.1, 0.15) is 19.0 Å². The highest BCUT2D eigenvalue weighted by Crippen LogP contribution is 2.47. The molecule has 3 aromatic rings. The average Bonchev–Trinajstić information content (AvgIpc) is 3.55. The van der Waals surface area contributed by atoms with Crippen LogP contribution in [0.2, 0.25) is 0 Å². The molecule has 0 unspecified atom stereocenters. The third-order valence-electron chi connectivity index (χ3n) is 6.39. The third-order valence-corrected chi connectivity index (χ3v) is 7.15. The topological polar surface area (TPSA) is 144 Å². The molecule has 0 saturated heterocycles. The molecule has 0 spiro atoms. The minimum Gasteiger partial charge on any atom is -0.496 e. The fraction of sp³-hybridized carbons (Fsp3) is 0.250. The Kier molecular flexibility index (Phi) is 8.57. The van der Waals surface area contributed by atoms with Crippen molar-refractivity contribution in [3.63, 3.8) is 0 Å². The Labute approximate surface area is 239 Å². The first-order valence-corrected chi connectivity index (χ1v) is 13.2. The van der Waals surface area contributed by atoms with E-state index in [1.807, 2.05) is 5.38 Å². The standard InChI is InChI=1S/C28H28N4O8S/c1-7-10-39-26(33)21-15(3)29-16(4)22(27(34)40-11-8-2)23(21)25-24(30-28-31(25)9-12-41-28)17-13-20(38-6)18(32(35)36)14-19(17)37-5/h7-9,12-14,23,29H,1-2,10-11H2,3-6H3. The number of nitro benzene ring substituents is 1. The fourth-order valence-corrected chi connectivity index (χ4v) is 5.44. The molecule has 12 nitrogen and oxygen atoms in total. The van der Waals surface area contributed by atoms with Gasteiger partial charge in [-0.1, -0.05) is 25.3 Å². The second kappa shape index (κ2) is 12.1. The molecule has 4 rings (SSSR count). The molecule has 3 heterocycles. The molecule has 0 saturated carbocycles. The summed E-state index contributed by atoms with van der Waals surface area (Å²) in [6, 6.07) is 2.70. The minimum atomic E-state index is -1.02. The van der Waals surface area contributed by atoms with E-state index in [4.69, 9.17) is 23.9 Å². The number of ether oxygens (including phenoxy) is 4. The van der Waals surface area contributed by atoms with Crippen LogP contribution < -0.4 is 14.8 Å². The van der Waals surface area contributed by atoms with Crippen LogP contribution in [0, 0.1) is 10.1 Å². The molecule has 41 heavy (non-hydrogen) atoms. The highest BCUT2D eigenvalue weighted by Gasteiger charge is 2.42. The summed E-state index contributed by atoms with van der Waals surface area (Å²) in [5.74, 6) is -2.24. The largest absolute Gasteiger partial charge is 0.496 e. The van der Waals surface area contributed by atoms with Crippen molar-refractivity contribution in [1.29, 1.82) is 0 Å². The fourth-order valence-electron chi connectivity index (χ4n) is 4.72. The Balaban J connectivity index is 2.08. The lowest BCUT2D eigenvalue weighted by molar-refractivity contribution is -0.385. The third kappa shape index (κ3) is 5.31. The van der Waals surface area contributed by atoms with Crippen LogP contribution in [0.15, 0.2) is 71.6 Å². The van der Waals surface area contributed by atoms with E-state index in [1.54, 1.807) is 24.4 Å². The number of methoxy groups -OCH3 is 2. The zero-order chi connectivity index (χ0) is 29.8. The summed E-state index contributed by atoms with van der Waals surface area (Å²) in [5, 5.41) is 16.6. The van der Waals surface area contributed by atoms with Gasteiger partial charge in [-0.15, -0.1) is 11.3 Å². The van der Waals surface area contributed by atoms with Crippen molar-refractivity contribution < 1.29 is 33.5 Å². The monoisotopic (exact) mass is 580 g/mol. The number of fused-ring (bicyclic) bond motifs is 1. The lowest BCUT2D eigenvalue weighted by atomic mass is 9.81. The van der Waals surface area contributed by atoms with Crippen molar-refractivity contribution >= 4 is 33.9 Å². The van der Waals surface area contributed by atoms with Gasteiger partial charge in [-0.05, 0) is 13.8 Å². The molecule has 0 amide bonds. The molecule has 0 fully saturated rings. The molecule has 0 atom stereocenters. The first-order valence-electron chi connectivity index (χ1n) is 12.3. The van der Waals surface area contributed by atoms with E-state index in [0.717, 1.165) is 0 Å². The molecule has 2 aromatic heterocycles. The molecule has 0 aliphatic carbocycles. The summed E-state index contributed by atoms with van der Waals surface area (Å²) in [7, 11) is 2.69. The van der Waals surface area contributed by atoms with Gasteiger partial charge in [0.25, 0.3) is 0 Å². The molecule has 1 N–H and O–H groups in total. The summed E-state index contributed by atoms with van der Waals surface area (Å²) in [5.41, 5.74) is 2.04. The van der Waals surface area contributed by atoms with E-state index in [1.165, 1.54) is 49.8 Å². The first kappa shape index (κ1) is 29.1. The van der Waals surface area contributed by atoms with Crippen LogP contribution in [0.1, 0.15) is 25.5 Å². The van der Waals surface area contributed by atoms with Gasteiger partial charge in [0.15, 0.2) is 10.7 Å². The summed E-state index contributed by atoms with van der Waals surface area (Å²) in [6.07, 6.45) is 4.64. The summed E-state index contributed by atoms with van der Waals surface area (Å²) in [6.45, 7) is 10.5. The zero-order valence-corrected chi connectivity index (χ0v) is 23.7. The number of allylic oxidation sites excluding steroid dienone is 2. The number of esters is 2. The number of nitro groups is 1. The molecule has 0 radical (unpaired) electrons. The van der Waals surface area contributed by atoms with Crippen molar-refractivity contribution in [2.24, 2.45) is 0 Å². The molecule has 1 aliphatic rings. The van der Waals surface area contributed by atoms with Crippen LogP contribution in [0.25, 0.3) is 16.2 Å². The highest BCUT2D eigenvalue weighted by molar-refractivity contribution is 7.15. The number of carbonyl (C=O) groups is 2. The lowest BCUT2D eigenvalue weighted by Gasteiger charge is -2.30. The van der Waals surface area contributed by atoms with Gasteiger partial charge in [-0.25, -0.2) is 14.6 Å². The first-order chi connectivity index (χ1) is 19.7. The van der Waals surface area contributed by atoms with Crippen LogP contribution in [0.4, 0.5) is 5.69 Å². The van der Waals surface area contributed by atoms with Crippen molar-refractivity contribution in [2.45, 2.75) is 19.8 Å². The number of imidazole rings is 1. The van der Waals surface area contributed by atoms with E-state index in [0.29, 0.717) is 33.3 Å². The molecule has 214 valence electrons. The number of nitrogens with one attached hydrogen (secondary N) is 1. The van der Waals surface area contributed by atoms with E-state index >= 15 is 0 Å². The van der Waals surface area contributed by atoms with Crippen LogP contribution in [0.5, 0.6) is 11.5 Å². The van der Waals surface area contributed by atoms with Crippen LogP contribution >= 0.6 is 11.3 Å². The van der Waals surface area contributed by atoms with Crippen LogP contribution in [0.3, 0.4) is 0 Å². The van der Waals surface area contributed by atoms with Crippen LogP contribution in [-0.4, -0.2) is 53.7 Å². The van der Waals surface area contributed by atoms with Crippen molar-refractivity contribution in [3.8, 4) is 22.8 Å². The van der Waals surface area contributed by atoms with Gasteiger partial charge in [0, 0.05) is 34.6 Å². The van der Waals surface area contributed by atoms with Crippen molar-refractivity contribution in [2.75, 3.05) is 27.4 Å². The molecule has 13 heteroatoms. The second-order valence-electron chi connectivity index (χ2n) is 8.79. The number of thiazole rings is 1. The Morgan fingerprint density at radius 2 is 1.66 bits per heavy atom. The molecular formula is C28H28N4O8S. The van der Waals surface area contributed by atoms with E-state index in [9.17, 15) is 19.7 Å². The smallest absolute Gasteiger partial charge is 0.337 e. The molecule has 1 aliphatic heterocycles. The lowest BCUT2D eigenvalue weighted by Crippen LogP contribution is -2.33. The Morgan fingerprint density at radius 1 is 1.07 bits per heavy atom. The Hall–Kier alpha value is -4.91. The van der Waals surface area contributed by atoms with Gasteiger partial charge in [0.2, 0.25) is 0 Å². The van der Waals surface area contributed by atoms with Crippen molar-refractivity contribution in [1.82, 2.24) is 14.7 Å².